The molecule has 1 aliphatic heterocycles. The molecule has 2 N–H and O–H groups in total. The van der Waals surface area contributed by atoms with Gasteiger partial charge >= 0.3 is 0 Å². The van der Waals surface area contributed by atoms with Gasteiger partial charge in [0.1, 0.15) is 11.3 Å². The summed E-state index contributed by atoms with van der Waals surface area (Å²) < 4.78 is 1.85. The number of aromatic hydroxyl groups is 1. The molecule has 29 heavy (non-hydrogen) atoms. The van der Waals surface area contributed by atoms with Gasteiger partial charge in [-0.05, 0) is 36.4 Å². The van der Waals surface area contributed by atoms with Crippen LogP contribution in [0.5, 0.6) is 5.75 Å². The maximum Gasteiger partial charge on any atom is 0.242 e. The number of carbonyl (C=O) groups is 1. The van der Waals surface area contributed by atoms with Crippen LogP contribution in [0.2, 0.25) is 0 Å². The fraction of sp³-hybridized carbons (Fsp3) is 0.150. The van der Waals surface area contributed by atoms with Gasteiger partial charge < -0.3 is 10.4 Å². The third-order valence-corrected chi connectivity index (χ3v) is 4.87. The highest BCUT2D eigenvalue weighted by Gasteiger charge is 2.21. The van der Waals surface area contributed by atoms with Gasteiger partial charge in [-0.1, -0.05) is 12.1 Å². The number of aromatic nitrogens is 5. The first-order valence-corrected chi connectivity index (χ1v) is 9.19. The Balaban J connectivity index is 1.52. The molecule has 1 aliphatic rings. The highest BCUT2D eigenvalue weighted by atomic mass is 16.3. The highest BCUT2D eigenvalue weighted by Crippen LogP contribution is 2.29. The number of piperazine rings is 1. The number of phenols is 1. The van der Waals surface area contributed by atoms with E-state index < -0.39 is 0 Å². The number of hydrogen-bond donors (Lipinski definition) is 2. The van der Waals surface area contributed by atoms with Crippen molar-refractivity contribution in [1.29, 1.82) is 0 Å². The standard InChI is InChI=1S/C20H17N7O2/c28-17-4-2-1-3-13(17)15-11-16-14(22-23-15)7-9-26(16)18-5-6-19(25-24-18)27-10-8-21-12-20(27)29/h1-7,9,11,21,28H,8,10,12H2. The second-order valence-corrected chi connectivity index (χ2v) is 6.67. The van der Waals surface area contributed by atoms with E-state index in [4.69, 9.17) is 0 Å². The van der Waals surface area contributed by atoms with E-state index in [1.54, 1.807) is 29.2 Å². The van der Waals surface area contributed by atoms with Gasteiger partial charge in [0.05, 0.1) is 17.8 Å². The zero-order valence-corrected chi connectivity index (χ0v) is 15.4. The normalized spacial score (nSPS) is 14.5. The lowest BCUT2D eigenvalue weighted by Gasteiger charge is -2.25. The van der Waals surface area contributed by atoms with Crippen LogP contribution in [0.1, 0.15) is 0 Å². The second kappa shape index (κ2) is 6.95. The lowest BCUT2D eigenvalue weighted by molar-refractivity contribution is -0.118. The Kier molecular flexibility index (Phi) is 4.14. The minimum Gasteiger partial charge on any atom is -0.507 e. The van der Waals surface area contributed by atoms with E-state index in [-0.39, 0.29) is 11.7 Å². The first-order valence-electron chi connectivity index (χ1n) is 9.19. The summed E-state index contributed by atoms with van der Waals surface area (Å²) in [5.41, 5.74) is 2.66. The molecule has 0 atom stereocenters. The van der Waals surface area contributed by atoms with Crippen molar-refractivity contribution in [3.8, 4) is 22.8 Å². The largest absolute Gasteiger partial charge is 0.507 e. The molecule has 9 heteroatoms. The molecular formula is C20H17N7O2. The fourth-order valence-electron chi connectivity index (χ4n) is 3.39. The number of hydrogen-bond acceptors (Lipinski definition) is 7. The van der Waals surface area contributed by atoms with Gasteiger partial charge in [-0.3, -0.25) is 14.3 Å². The molecule has 0 aliphatic carbocycles. The maximum atomic E-state index is 12.0. The van der Waals surface area contributed by atoms with E-state index in [1.165, 1.54) is 0 Å². The smallest absolute Gasteiger partial charge is 0.242 e. The lowest BCUT2D eigenvalue weighted by Crippen LogP contribution is -2.48. The van der Waals surface area contributed by atoms with Crippen LogP contribution in [0.3, 0.4) is 0 Å². The third-order valence-electron chi connectivity index (χ3n) is 4.87. The number of nitrogens with one attached hydrogen (secondary N) is 1. The van der Waals surface area contributed by atoms with Crippen molar-refractivity contribution in [3.63, 3.8) is 0 Å². The van der Waals surface area contributed by atoms with Crippen LogP contribution < -0.4 is 10.2 Å². The predicted octanol–water partition coefficient (Wildman–Crippen LogP) is 1.52. The molecule has 4 heterocycles. The SMILES string of the molecule is O=C1CNCCN1c1ccc(-n2ccc3nnc(-c4ccccc4O)cc32)nn1. The van der Waals surface area contributed by atoms with E-state index in [0.29, 0.717) is 41.5 Å². The number of fused-ring (bicyclic) bond motifs is 1. The molecule has 0 saturated carbocycles. The van der Waals surface area contributed by atoms with Gasteiger partial charge in [0, 0.05) is 24.8 Å². The Morgan fingerprint density at radius 1 is 0.966 bits per heavy atom. The number of nitrogens with zero attached hydrogens (tertiary/aromatic N) is 6. The van der Waals surface area contributed by atoms with Gasteiger partial charge in [-0.2, -0.15) is 0 Å². The number of benzene rings is 1. The van der Waals surface area contributed by atoms with E-state index in [1.807, 2.05) is 35.0 Å². The average molecular weight is 387 g/mol. The summed E-state index contributed by atoms with van der Waals surface area (Å²) in [6.07, 6.45) is 1.84. The highest BCUT2D eigenvalue weighted by molar-refractivity contribution is 5.94. The lowest BCUT2D eigenvalue weighted by atomic mass is 10.1. The van der Waals surface area contributed by atoms with Gasteiger partial charge in [0.15, 0.2) is 11.6 Å². The summed E-state index contributed by atoms with van der Waals surface area (Å²) in [5.74, 6) is 1.25. The first kappa shape index (κ1) is 17.3. The van der Waals surface area contributed by atoms with Crippen molar-refractivity contribution in [2.75, 3.05) is 24.5 Å². The van der Waals surface area contributed by atoms with Gasteiger partial charge in [0.2, 0.25) is 5.91 Å². The van der Waals surface area contributed by atoms with E-state index in [0.717, 1.165) is 12.1 Å². The topological polar surface area (TPSA) is 109 Å². The Bertz CT molecular complexity index is 1200. The molecule has 0 unspecified atom stereocenters. The Morgan fingerprint density at radius 2 is 1.79 bits per heavy atom. The molecule has 3 aromatic heterocycles. The Labute approximate surface area is 165 Å². The van der Waals surface area contributed by atoms with Crippen molar-refractivity contribution < 1.29 is 9.90 Å². The molecule has 1 fully saturated rings. The molecule has 1 amide bonds. The monoisotopic (exact) mass is 387 g/mol. The molecule has 1 saturated heterocycles. The number of rotatable bonds is 3. The molecule has 144 valence electrons. The van der Waals surface area contributed by atoms with Crippen LogP contribution in [0.15, 0.2) is 54.7 Å². The Hall–Kier alpha value is -3.85. The van der Waals surface area contributed by atoms with Crippen LogP contribution in [0.4, 0.5) is 5.82 Å². The summed E-state index contributed by atoms with van der Waals surface area (Å²) in [5, 5.41) is 30.2. The molecule has 0 spiro atoms. The molecular weight excluding hydrogens is 370 g/mol. The second-order valence-electron chi connectivity index (χ2n) is 6.67. The van der Waals surface area contributed by atoms with Crippen molar-refractivity contribution in [3.05, 3.63) is 54.7 Å². The molecule has 1 aromatic carbocycles. The number of amides is 1. The molecule has 0 bridgehead atoms. The minimum absolute atomic E-state index is 0.0210. The van der Waals surface area contributed by atoms with E-state index in [9.17, 15) is 9.90 Å². The van der Waals surface area contributed by atoms with Crippen LogP contribution in [-0.2, 0) is 4.79 Å². The Morgan fingerprint density at radius 3 is 2.59 bits per heavy atom. The van der Waals surface area contributed by atoms with Crippen LogP contribution in [0.25, 0.3) is 28.1 Å². The zero-order valence-electron chi connectivity index (χ0n) is 15.4. The molecule has 9 nitrogen and oxygen atoms in total. The van der Waals surface area contributed by atoms with Crippen molar-refractivity contribution in [1.82, 2.24) is 30.3 Å². The molecule has 5 rings (SSSR count). The maximum absolute atomic E-state index is 12.0. The average Bonchev–Trinajstić information content (AvgIpc) is 3.18. The van der Waals surface area contributed by atoms with Gasteiger partial charge in [-0.15, -0.1) is 20.4 Å². The minimum atomic E-state index is -0.0210. The fourth-order valence-corrected chi connectivity index (χ4v) is 3.39. The van der Waals surface area contributed by atoms with E-state index >= 15 is 0 Å². The molecule has 0 radical (unpaired) electrons. The first-order chi connectivity index (χ1) is 14.2. The number of anilines is 1. The van der Waals surface area contributed by atoms with Crippen LogP contribution in [0, 0.1) is 0 Å². The van der Waals surface area contributed by atoms with Crippen molar-refractivity contribution in [2.24, 2.45) is 0 Å². The van der Waals surface area contributed by atoms with Crippen LogP contribution >= 0.6 is 0 Å². The zero-order chi connectivity index (χ0) is 19.8. The van der Waals surface area contributed by atoms with Crippen LogP contribution in [-0.4, -0.2) is 55.6 Å². The number of carbonyl (C=O) groups excluding carboxylic acids is 1. The summed E-state index contributed by atoms with van der Waals surface area (Å²) in [7, 11) is 0. The van der Waals surface area contributed by atoms with Gasteiger partial charge in [0.25, 0.3) is 0 Å². The predicted molar refractivity (Wildman–Crippen MR) is 107 cm³/mol. The van der Waals surface area contributed by atoms with Crippen molar-refractivity contribution >= 4 is 22.8 Å². The number of para-hydroxylation sites is 1. The molecule has 4 aromatic rings. The summed E-state index contributed by atoms with van der Waals surface area (Å²) >= 11 is 0. The van der Waals surface area contributed by atoms with Crippen molar-refractivity contribution in [2.45, 2.75) is 0 Å². The van der Waals surface area contributed by atoms with E-state index in [2.05, 4.69) is 25.7 Å². The summed E-state index contributed by atoms with van der Waals surface area (Å²) in [4.78, 5) is 13.7. The summed E-state index contributed by atoms with van der Waals surface area (Å²) in [6.45, 7) is 1.60. The number of phenolic OH excluding ortho intramolecular Hbond substituents is 1. The quantitative estimate of drug-likeness (QED) is 0.548. The third kappa shape index (κ3) is 3.07. The van der Waals surface area contributed by atoms with Gasteiger partial charge in [-0.25, -0.2) is 0 Å². The summed E-state index contributed by atoms with van der Waals surface area (Å²) in [6, 6.07) is 14.3.